The van der Waals surface area contributed by atoms with Crippen LogP contribution in [0.1, 0.15) is 22.0 Å². The van der Waals surface area contributed by atoms with Crippen molar-refractivity contribution in [1.82, 2.24) is 0 Å². The number of carbonyl (C=O) groups is 1. The minimum atomic E-state index is -1.89. The molecule has 0 aliphatic carbocycles. The first-order valence-corrected chi connectivity index (χ1v) is 4.26. The first-order valence-electron chi connectivity index (χ1n) is 4.26. The molecule has 1 aromatic carbocycles. The second-order valence-electron chi connectivity index (χ2n) is 3.02. The van der Waals surface area contributed by atoms with E-state index < -0.39 is 35.1 Å². The van der Waals surface area contributed by atoms with Crippen molar-refractivity contribution in [3.63, 3.8) is 0 Å². The van der Waals surface area contributed by atoms with Crippen LogP contribution in [0.3, 0.4) is 0 Å². The van der Waals surface area contributed by atoms with Crippen LogP contribution in [0.5, 0.6) is 0 Å². The Labute approximate surface area is 90.0 Å². The van der Waals surface area contributed by atoms with Crippen molar-refractivity contribution in [1.29, 1.82) is 5.26 Å². The van der Waals surface area contributed by atoms with Crippen molar-refractivity contribution in [3.8, 4) is 6.07 Å². The van der Waals surface area contributed by atoms with Crippen LogP contribution in [-0.4, -0.2) is 27.4 Å². The van der Waals surface area contributed by atoms with Crippen LogP contribution in [0.15, 0.2) is 18.2 Å². The van der Waals surface area contributed by atoms with Crippen LogP contribution in [0.4, 0.5) is 4.39 Å². The lowest BCUT2D eigenvalue weighted by Crippen LogP contribution is -2.20. The Kier molecular flexibility index (Phi) is 3.55. The fourth-order valence-electron chi connectivity index (χ4n) is 1.25. The molecule has 0 bridgehead atoms. The lowest BCUT2D eigenvalue weighted by Gasteiger charge is -2.15. The summed E-state index contributed by atoms with van der Waals surface area (Å²) in [5, 5.41) is 35.6. The third-order valence-corrected chi connectivity index (χ3v) is 2.01. The van der Waals surface area contributed by atoms with Gasteiger partial charge in [-0.3, -0.25) is 0 Å². The van der Waals surface area contributed by atoms with Crippen LogP contribution in [-0.2, 0) is 0 Å². The van der Waals surface area contributed by atoms with E-state index in [1.54, 1.807) is 0 Å². The Bertz CT molecular complexity index is 455. The van der Waals surface area contributed by atoms with Crippen LogP contribution in [0, 0.1) is 17.1 Å². The summed E-state index contributed by atoms with van der Waals surface area (Å²) in [6.07, 6.45) is -3.77. The van der Waals surface area contributed by atoms with E-state index in [0.29, 0.717) is 0 Å². The molecule has 0 spiro atoms. The standard InChI is InChI=1S/C10H8FNO4/c11-6-3-1-2-5(10(15)16)8(6)9(14)7(13)4-12/h1-3,7,9,13-14H,(H,15,16). The van der Waals surface area contributed by atoms with Gasteiger partial charge in [-0.05, 0) is 12.1 Å². The van der Waals surface area contributed by atoms with Gasteiger partial charge in [0, 0.05) is 5.56 Å². The van der Waals surface area contributed by atoms with E-state index in [-0.39, 0.29) is 0 Å². The Hall–Kier alpha value is -1.97. The number of halogens is 1. The fraction of sp³-hybridized carbons (Fsp3) is 0.200. The highest BCUT2D eigenvalue weighted by molar-refractivity contribution is 5.89. The second-order valence-corrected chi connectivity index (χ2v) is 3.02. The smallest absolute Gasteiger partial charge is 0.336 e. The molecule has 3 N–H and O–H groups in total. The predicted octanol–water partition coefficient (Wildman–Crippen LogP) is 0.442. The highest BCUT2D eigenvalue weighted by Crippen LogP contribution is 2.24. The molecular weight excluding hydrogens is 217 g/mol. The van der Waals surface area contributed by atoms with Crippen LogP contribution >= 0.6 is 0 Å². The SMILES string of the molecule is N#CC(O)C(O)c1c(F)cccc1C(=O)O. The van der Waals surface area contributed by atoms with Crippen molar-refractivity contribution >= 4 is 5.97 Å². The topological polar surface area (TPSA) is 102 Å². The molecule has 0 saturated carbocycles. The summed E-state index contributed by atoms with van der Waals surface area (Å²) >= 11 is 0. The number of hydrogen-bond donors (Lipinski definition) is 3. The lowest BCUT2D eigenvalue weighted by atomic mass is 9.98. The zero-order chi connectivity index (χ0) is 12.3. The summed E-state index contributed by atoms with van der Waals surface area (Å²) in [5.41, 5.74) is -1.08. The zero-order valence-corrected chi connectivity index (χ0v) is 7.96. The first kappa shape index (κ1) is 12.1. The molecule has 0 aliphatic rings. The van der Waals surface area contributed by atoms with Crippen LogP contribution in [0.2, 0.25) is 0 Å². The van der Waals surface area contributed by atoms with Gasteiger partial charge in [0.2, 0.25) is 0 Å². The van der Waals surface area contributed by atoms with Crippen molar-refractivity contribution in [2.45, 2.75) is 12.2 Å². The summed E-state index contributed by atoms with van der Waals surface area (Å²) in [4.78, 5) is 10.7. The molecular formula is C10H8FNO4. The van der Waals surface area contributed by atoms with Gasteiger partial charge in [-0.2, -0.15) is 5.26 Å². The van der Waals surface area contributed by atoms with Gasteiger partial charge < -0.3 is 15.3 Å². The van der Waals surface area contributed by atoms with E-state index in [0.717, 1.165) is 18.2 Å². The fourth-order valence-corrected chi connectivity index (χ4v) is 1.25. The molecule has 16 heavy (non-hydrogen) atoms. The van der Waals surface area contributed by atoms with Crippen LogP contribution < -0.4 is 0 Å². The van der Waals surface area contributed by atoms with Gasteiger partial charge >= 0.3 is 5.97 Å². The van der Waals surface area contributed by atoms with Crippen molar-refractivity contribution in [2.75, 3.05) is 0 Å². The number of aliphatic hydroxyl groups excluding tert-OH is 2. The molecule has 1 rings (SSSR count). The van der Waals surface area contributed by atoms with Gasteiger partial charge in [0.1, 0.15) is 11.9 Å². The minimum Gasteiger partial charge on any atom is -0.478 e. The highest BCUT2D eigenvalue weighted by Gasteiger charge is 2.26. The number of aliphatic hydroxyl groups is 2. The summed E-state index contributed by atoms with van der Waals surface area (Å²) in [5.74, 6) is -2.43. The lowest BCUT2D eigenvalue weighted by molar-refractivity contribution is 0.0474. The molecule has 2 atom stereocenters. The van der Waals surface area contributed by atoms with E-state index in [1.807, 2.05) is 0 Å². The zero-order valence-electron chi connectivity index (χ0n) is 7.96. The maximum atomic E-state index is 13.3. The Morgan fingerprint density at radius 1 is 1.44 bits per heavy atom. The van der Waals surface area contributed by atoms with E-state index in [2.05, 4.69) is 0 Å². The Balaban J connectivity index is 3.31. The number of nitriles is 1. The molecule has 0 aromatic heterocycles. The molecule has 1 aromatic rings. The number of carboxylic acid groups (broad SMARTS) is 1. The molecule has 84 valence electrons. The number of aromatic carboxylic acids is 1. The van der Waals surface area contributed by atoms with Crippen molar-refractivity contribution in [3.05, 3.63) is 35.1 Å². The molecule has 0 aliphatic heterocycles. The highest BCUT2D eigenvalue weighted by atomic mass is 19.1. The average molecular weight is 225 g/mol. The molecule has 2 unspecified atom stereocenters. The van der Waals surface area contributed by atoms with Gasteiger partial charge in [0.15, 0.2) is 6.10 Å². The molecule has 0 amide bonds. The number of rotatable bonds is 3. The molecule has 6 heteroatoms. The van der Waals surface area contributed by atoms with E-state index in [1.165, 1.54) is 6.07 Å². The minimum absolute atomic E-state index is 0.484. The van der Waals surface area contributed by atoms with Gasteiger partial charge in [0.05, 0.1) is 11.6 Å². The second kappa shape index (κ2) is 4.70. The van der Waals surface area contributed by atoms with Crippen molar-refractivity contribution < 1.29 is 24.5 Å². The van der Waals surface area contributed by atoms with Gasteiger partial charge in [-0.1, -0.05) is 6.07 Å². The quantitative estimate of drug-likeness (QED) is 0.648. The molecule has 0 heterocycles. The first-order chi connectivity index (χ1) is 7.49. The third-order valence-electron chi connectivity index (χ3n) is 2.01. The van der Waals surface area contributed by atoms with E-state index >= 15 is 0 Å². The predicted molar refractivity (Wildman–Crippen MR) is 49.9 cm³/mol. The normalized spacial score (nSPS) is 13.9. The third kappa shape index (κ3) is 2.16. The number of hydrogen-bond acceptors (Lipinski definition) is 4. The van der Waals surface area contributed by atoms with E-state index in [9.17, 15) is 14.3 Å². The summed E-state index contributed by atoms with van der Waals surface area (Å²) in [7, 11) is 0. The monoisotopic (exact) mass is 225 g/mol. The maximum Gasteiger partial charge on any atom is 0.336 e. The van der Waals surface area contributed by atoms with Crippen LogP contribution in [0.25, 0.3) is 0 Å². The summed E-state index contributed by atoms with van der Waals surface area (Å²) < 4.78 is 13.3. The number of nitrogens with zero attached hydrogens (tertiary/aromatic N) is 1. The molecule has 5 nitrogen and oxygen atoms in total. The maximum absolute atomic E-state index is 13.3. The Morgan fingerprint density at radius 3 is 2.56 bits per heavy atom. The van der Waals surface area contributed by atoms with Crippen molar-refractivity contribution in [2.24, 2.45) is 0 Å². The number of carboxylic acids is 1. The average Bonchev–Trinajstić information content (AvgIpc) is 2.26. The number of benzene rings is 1. The van der Waals surface area contributed by atoms with Gasteiger partial charge in [0.25, 0.3) is 0 Å². The summed E-state index contributed by atoms with van der Waals surface area (Å²) in [6, 6.07) is 4.48. The molecule has 0 saturated heterocycles. The largest absolute Gasteiger partial charge is 0.478 e. The summed E-state index contributed by atoms with van der Waals surface area (Å²) in [6.45, 7) is 0. The molecule has 0 fully saturated rings. The Morgan fingerprint density at radius 2 is 2.06 bits per heavy atom. The van der Waals surface area contributed by atoms with Gasteiger partial charge in [-0.15, -0.1) is 0 Å². The molecule has 0 radical (unpaired) electrons. The van der Waals surface area contributed by atoms with E-state index in [4.69, 9.17) is 15.5 Å². The van der Waals surface area contributed by atoms with Gasteiger partial charge in [-0.25, -0.2) is 9.18 Å².